The van der Waals surface area contributed by atoms with Gasteiger partial charge in [0.15, 0.2) is 0 Å². The van der Waals surface area contributed by atoms with E-state index in [1.54, 1.807) is 6.07 Å². The molecule has 0 bridgehead atoms. The van der Waals surface area contributed by atoms with E-state index < -0.39 is 18.3 Å². The van der Waals surface area contributed by atoms with Gasteiger partial charge >= 0.3 is 18.3 Å². The Balaban J connectivity index is 2.79. The molecule has 0 atom stereocenters. The third kappa shape index (κ3) is 3.69. The smallest absolute Gasteiger partial charge is 0.361 e. The van der Waals surface area contributed by atoms with Gasteiger partial charge in [0.25, 0.3) is 0 Å². The Kier molecular flexibility index (Phi) is 3.40. The standard InChI is InChI=1S/C6H5O6PS/c7-13(8)12-14(9,10)11-6-4-2-1-3-5-6/h1-5H. The van der Waals surface area contributed by atoms with E-state index in [4.69, 9.17) is 0 Å². The molecule has 14 heavy (non-hydrogen) atoms. The first-order valence-corrected chi connectivity index (χ1v) is 5.76. The number of benzene rings is 1. The van der Waals surface area contributed by atoms with E-state index >= 15 is 0 Å². The maximum atomic E-state index is 10.8. The van der Waals surface area contributed by atoms with Crippen molar-refractivity contribution in [2.75, 3.05) is 0 Å². The van der Waals surface area contributed by atoms with Gasteiger partial charge < -0.3 is 4.18 Å². The van der Waals surface area contributed by atoms with E-state index in [0.717, 1.165) is 0 Å². The molecule has 0 heterocycles. The lowest BCUT2D eigenvalue weighted by molar-refractivity contribution is 0.377. The number of para-hydroxylation sites is 1. The molecule has 8 heteroatoms. The summed E-state index contributed by atoms with van der Waals surface area (Å²) in [5.41, 5.74) is 0. The minimum absolute atomic E-state index is 0.0237. The van der Waals surface area contributed by atoms with Crippen LogP contribution in [0.4, 0.5) is 0 Å². The van der Waals surface area contributed by atoms with E-state index in [-0.39, 0.29) is 5.75 Å². The van der Waals surface area contributed by atoms with Crippen molar-refractivity contribution >= 4 is 18.3 Å². The summed E-state index contributed by atoms with van der Waals surface area (Å²) in [6.07, 6.45) is 0. The fourth-order valence-electron chi connectivity index (χ4n) is 0.684. The Hall–Kier alpha value is -1.17. The third-order valence-electron chi connectivity index (χ3n) is 1.09. The van der Waals surface area contributed by atoms with Crippen LogP contribution < -0.4 is 4.18 Å². The zero-order chi connectivity index (χ0) is 10.6. The van der Waals surface area contributed by atoms with Gasteiger partial charge in [0.2, 0.25) is 0 Å². The normalized spacial score (nSPS) is 10.9. The first kappa shape index (κ1) is 10.9. The molecule has 0 amide bonds. The molecule has 6 nitrogen and oxygen atoms in total. The van der Waals surface area contributed by atoms with Crippen LogP contribution in [0.3, 0.4) is 0 Å². The van der Waals surface area contributed by atoms with Gasteiger partial charge in [0.05, 0.1) is 0 Å². The van der Waals surface area contributed by atoms with Crippen LogP contribution in [0.5, 0.6) is 5.75 Å². The SMILES string of the molecule is O=P(=O)OS(=O)(=O)Oc1ccccc1. The number of hydrogen-bond donors (Lipinski definition) is 0. The molecule has 0 N–H and O–H groups in total. The quantitative estimate of drug-likeness (QED) is 0.734. The zero-order valence-corrected chi connectivity index (χ0v) is 8.40. The molecule has 0 aromatic heterocycles. The van der Waals surface area contributed by atoms with Gasteiger partial charge in [-0.05, 0) is 12.1 Å². The largest absolute Gasteiger partial charge is 0.486 e. The Morgan fingerprint density at radius 1 is 1.07 bits per heavy atom. The topological polar surface area (TPSA) is 86.7 Å². The molecule has 0 aliphatic heterocycles. The summed E-state index contributed by atoms with van der Waals surface area (Å²) in [6, 6.07) is 7.40. The van der Waals surface area contributed by atoms with Crippen molar-refractivity contribution in [3.63, 3.8) is 0 Å². The average Bonchev–Trinajstić information content (AvgIpc) is 2.02. The number of hydrogen-bond acceptors (Lipinski definition) is 6. The van der Waals surface area contributed by atoms with Crippen LogP contribution in [0.15, 0.2) is 30.3 Å². The average molecular weight is 236 g/mol. The van der Waals surface area contributed by atoms with Crippen molar-refractivity contribution in [2.24, 2.45) is 0 Å². The van der Waals surface area contributed by atoms with Crippen molar-refractivity contribution in [1.29, 1.82) is 0 Å². The van der Waals surface area contributed by atoms with E-state index in [2.05, 4.69) is 8.15 Å². The monoisotopic (exact) mass is 236 g/mol. The lowest BCUT2D eigenvalue weighted by Crippen LogP contribution is -2.08. The maximum absolute atomic E-state index is 10.8. The minimum Gasteiger partial charge on any atom is -0.361 e. The molecule has 0 radical (unpaired) electrons. The second kappa shape index (κ2) is 4.36. The van der Waals surface area contributed by atoms with E-state index in [1.807, 2.05) is 0 Å². The zero-order valence-electron chi connectivity index (χ0n) is 6.69. The predicted molar refractivity (Wildman–Crippen MR) is 45.4 cm³/mol. The van der Waals surface area contributed by atoms with Crippen molar-refractivity contribution in [3.8, 4) is 5.75 Å². The third-order valence-corrected chi connectivity index (χ3v) is 2.71. The van der Waals surface area contributed by atoms with E-state index in [9.17, 15) is 17.5 Å². The van der Waals surface area contributed by atoms with Gasteiger partial charge in [-0.1, -0.05) is 18.2 Å². The first-order chi connectivity index (χ1) is 6.49. The van der Waals surface area contributed by atoms with Gasteiger partial charge in [-0.3, -0.25) is 0 Å². The van der Waals surface area contributed by atoms with Gasteiger partial charge in [0, 0.05) is 0 Å². The fraction of sp³-hybridized carbons (Fsp3) is 0. The minimum atomic E-state index is -4.53. The highest BCUT2D eigenvalue weighted by Crippen LogP contribution is 2.17. The van der Waals surface area contributed by atoms with Crippen LogP contribution >= 0.6 is 7.91 Å². The second-order valence-electron chi connectivity index (χ2n) is 2.10. The molecular weight excluding hydrogens is 231 g/mol. The van der Waals surface area contributed by atoms with E-state index in [0.29, 0.717) is 0 Å². The Morgan fingerprint density at radius 3 is 2.14 bits per heavy atom. The number of rotatable bonds is 4. The lowest BCUT2D eigenvalue weighted by atomic mass is 10.3. The van der Waals surface area contributed by atoms with Crippen molar-refractivity contribution in [3.05, 3.63) is 30.3 Å². The van der Waals surface area contributed by atoms with Crippen LogP contribution in [0.25, 0.3) is 0 Å². The summed E-state index contributed by atoms with van der Waals surface area (Å²) in [7, 11) is -8.03. The van der Waals surface area contributed by atoms with Crippen molar-refractivity contribution in [1.82, 2.24) is 0 Å². The van der Waals surface area contributed by atoms with Gasteiger partial charge in [-0.2, -0.15) is 8.42 Å². The van der Waals surface area contributed by atoms with Crippen LogP contribution in [-0.4, -0.2) is 8.42 Å². The molecule has 0 aliphatic rings. The van der Waals surface area contributed by atoms with Gasteiger partial charge in [-0.15, -0.1) is 3.97 Å². The Morgan fingerprint density at radius 2 is 1.64 bits per heavy atom. The summed E-state index contributed by atoms with van der Waals surface area (Å²) in [5.74, 6) is -0.0237. The van der Waals surface area contributed by atoms with E-state index in [1.165, 1.54) is 24.3 Å². The lowest BCUT2D eigenvalue weighted by Gasteiger charge is -2.00. The Bertz CT molecular complexity index is 454. The molecular formula is C6H5O6PS. The molecule has 0 aliphatic carbocycles. The molecule has 0 saturated heterocycles. The predicted octanol–water partition coefficient (Wildman–Crippen LogP) is 1.41. The summed E-state index contributed by atoms with van der Waals surface area (Å²) in [4.78, 5) is 0. The fourth-order valence-corrected chi connectivity index (χ4v) is 1.75. The van der Waals surface area contributed by atoms with Crippen LogP contribution in [0, 0.1) is 0 Å². The highest BCUT2D eigenvalue weighted by molar-refractivity contribution is 7.85. The molecule has 0 saturated carbocycles. The summed E-state index contributed by atoms with van der Waals surface area (Å²) in [5, 5.41) is 0. The highest BCUT2D eigenvalue weighted by atomic mass is 32.3. The molecule has 76 valence electrons. The molecule has 1 aromatic rings. The first-order valence-electron chi connectivity index (χ1n) is 3.33. The molecule has 1 rings (SSSR count). The highest BCUT2D eigenvalue weighted by Gasteiger charge is 2.16. The van der Waals surface area contributed by atoms with Crippen LogP contribution in [-0.2, 0) is 23.5 Å². The van der Waals surface area contributed by atoms with Crippen LogP contribution in [0.2, 0.25) is 0 Å². The summed E-state index contributed by atoms with van der Waals surface area (Å²) in [6.45, 7) is 0. The van der Waals surface area contributed by atoms with Gasteiger partial charge in [-0.25, -0.2) is 9.13 Å². The van der Waals surface area contributed by atoms with Gasteiger partial charge in [0.1, 0.15) is 5.75 Å². The van der Waals surface area contributed by atoms with Crippen molar-refractivity contribution in [2.45, 2.75) is 0 Å². The summed E-state index contributed by atoms with van der Waals surface area (Å²) >= 11 is 0. The molecule has 0 fully saturated rings. The van der Waals surface area contributed by atoms with Crippen LogP contribution in [0.1, 0.15) is 0 Å². The Labute approximate surface area is 80.7 Å². The summed E-state index contributed by atoms with van der Waals surface area (Å²) < 4.78 is 49.3. The second-order valence-corrected chi connectivity index (χ2v) is 4.13. The maximum Gasteiger partial charge on any atom is 0.486 e. The molecule has 0 spiro atoms. The molecule has 0 unspecified atom stereocenters. The van der Waals surface area contributed by atoms with Crippen molar-refractivity contribution < 1.29 is 25.7 Å². The molecule has 1 aromatic carbocycles.